The normalized spacial score (nSPS) is 22.5. The molecule has 2 rings (SSSR count). The molecule has 0 radical (unpaired) electrons. The summed E-state index contributed by atoms with van der Waals surface area (Å²) < 4.78 is 7.91. The van der Waals surface area contributed by atoms with Gasteiger partial charge in [-0.1, -0.05) is 6.58 Å². The number of hydrogen-bond acceptors (Lipinski definition) is 2. The molecule has 1 aliphatic rings. The van der Waals surface area contributed by atoms with Gasteiger partial charge in [-0.25, -0.2) is 4.98 Å². The Bertz CT molecular complexity index is 373. The molecule has 2 heterocycles. The van der Waals surface area contributed by atoms with Crippen molar-refractivity contribution in [1.82, 2.24) is 4.98 Å². The number of hydrogen-bond donors (Lipinski definition) is 0. The van der Waals surface area contributed by atoms with E-state index in [-0.39, 0.29) is 6.40 Å². The molecule has 1 unspecified atom stereocenters. The molecule has 1 aromatic heterocycles. The van der Waals surface area contributed by atoms with Gasteiger partial charge >= 0.3 is 0 Å². The van der Waals surface area contributed by atoms with Gasteiger partial charge in [0.25, 0.3) is 0 Å². The van der Waals surface area contributed by atoms with E-state index >= 15 is 0 Å². The van der Waals surface area contributed by atoms with Crippen molar-refractivity contribution in [1.29, 1.82) is 0 Å². The third-order valence-electron chi connectivity index (χ3n) is 2.25. The first-order valence-corrected chi connectivity index (χ1v) is 3.93. The Labute approximate surface area is 73.9 Å². The standard InChI is InChI=1S/C10H12N2/c1-7-4-5-11-10-9(7)6-8(2)12(10)3/h4-5H,2,6H2,1,3H3/i6T. The Balaban J connectivity index is 2.66. The van der Waals surface area contributed by atoms with Crippen molar-refractivity contribution in [2.45, 2.75) is 13.3 Å². The highest BCUT2D eigenvalue weighted by Gasteiger charge is 2.21. The van der Waals surface area contributed by atoms with Gasteiger partial charge in [0, 0.05) is 32.3 Å². The minimum absolute atomic E-state index is 0.339. The van der Waals surface area contributed by atoms with E-state index in [0.717, 1.165) is 22.6 Å². The van der Waals surface area contributed by atoms with Crippen LogP contribution in [0.2, 0.25) is 0 Å². The van der Waals surface area contributed by atoms with E-state index in [2.05, 4.69) is 11.6 Å². The predicted octanol–water partition coefficient (Wildman–Crippen LogP) is 1.90. The molecular formula is C10H12N2. The van der Waals surface area contributed by atoms with E-state index in [0.29, 0.717) is 0 Å². The lowest BCUT2D eigenvalue weighted by Gasteiger charge is -2.11. The van der Waals surface area contributed by atoms with Crippen LogP contribution in [0.25, 0.3) is 0 Å². The van der Waals surface area contributed by atoms with Gasteiger partial charge < -0.3 is 4.90 Å². The summed E-state index contributed by atoms with van der Waals surface area (Å²) in [6, 6.07) is 1.94. The Kier molecular flexibility index (Phi) is 1.21. The molecule has 0 aliphatic carbocycles. The average molecular weight is 162 g/mol. The van der Waals surface area contributed by atoms with Crippen molar-refractivity contribution in [3.05, 3.63) is 35.7 Å². The topological polar surface area (TPSA) is 16.1 Å². The molecule has 0 spiro atoms. The maximum atomic E-state index is 7.91. The second-order valence-electron chi connectivity index (χ2n) is 3.06. The summed E-state index contributed by atoms with van der Waals surface area (Å²) in [5.74, 6) is 0.880. The summed E-state index contributed by atoms with van der Waals surface area (Å²) in [5, 5.41) is 0. The molecule has 0 fully saturated rings. The highest BCUT2D eigenvalue weighted by Crippen LogP contribution is 2.31. The molecule has 0 bridgehead atoms. The summed E-state index contributed by atoms with van der Waals surface area (Å²) in [4.78, 5) is 6.14. The lowest BCUT2D eigenvalue weighted by Crippen LogP contribution is -2.10. The maximum Gasteiger partial charge on any atom is 0.136 e. The molecule has 2 heteroatoms. The molecule has 1 aromatic rings. The molecule has 0 amide bonds. The Morgan fingerprint density at radius 1 is 1.75 bits per heavy atom. The fraction of sp³-hybridized carbons (Fsp3) is 0.300. The second kappa shape index (κ2) is 2.34. The van der Waals surface area contributed by atoms with Crippen molar-refractivity contribution in [3.8, 4) is 0 Å². The van der Waals surface area contributed by atoms with Gasteiger partial charge in [0.1, 0.15) is 5.82 Å². The highest BCUT2D eigenvalue weighted by atomic mass is 15.2. The van der Waals surface area contributed by atoms with E-state index in [1.807, 2.05) is 24.9 Å². The van der Waals surface area contributed by atoms with Crippen LogP contribution in [0.5, 0.6) is 0 Å². The second-order valence-corrected chi connectivity index (χ2v) is 3.06. The summed E-state index contributed by atoms with van der Waals surface area (Å²) in [7, 11) is 1.90. The first-order valence-electron chi connectivity index (χ1n) is 4.51. The van der Waals surface area contributed by atoms with Crippen LogP contribution < -0.4 is 4.90 Å². The molecule has 0 N–H and O–H groups in total. The van der Waals surface area contributed by atoms with E-state index in [9.17, 15) is 0 Å². The molecule has 62 valence electrons. The first kappa shape index (κ1) is 6.23. The lowest BCUT2D eigenvalue weighted by molar-refractivity contribution is 1.08. The van der Waals surface area contributed by atoms with Crippen LogP contribution in [-0.2, 0) is 6.40 Å². The van der Waals surface area contributed by atoms with Crippen LogP contribution in [0.4, 0.5) is 5.82 Å². The third kappa shape index (κ3) is 0.843. The number of likely N-dealkylation sites (N-methyl/N-ethyl adjacent to an activating group) is 1. The SMILES string of the molecule is [3H]C1C(=C)N(C)c2nccc(C)c21. The molecule has 0 saturated heterocycles. The lowest BCUT2D eigenvalue weighted by atomic mass is 10.1. The van der Waals surface area contributed by atoms with Crippen LogP contribution >= 0.6 is 0 Å². The van der Waals surface area contributed by atoms with E-state index in [4.69, 9.17) is 1.37 Å². The van der Waals surface area contributed by atoms with Crippen LogP contribution in [0.15, 0.2) is 24.5 Å². The van der Waals surface area contributed by atoms with Gasteiger partial charge in [-0.05, 0) is 18.6 Å². The number of allylic oxidation sites excluding steroid dienone is 1. The number of fused-ring (bicyclic) bond motifs is 1. The van der Waals surface area contributed by atoms with Crippen LogP contribution in [0.1, 0.15) is 12.5 Å². The molecule has 1 aliphatic heterocycles. The number of nitrogens with zero attached hydrogens (tertiary/aromatic N) is 2. The molecule has 1 atom stereocenters. The van der Waals surface area contributed by atoms with Crippen LogP contribution in [0.3, 0.4) is 0 Å². The summed E-state index contributed by atoms with van der Waals surface area (Å²) in [6.45, 7) is 5.88. The number of pyridine rings is 1. The van der Waals surface area contributed by atoms with Gasteiger partial charge in [-0.2, -0.15) is 0 Å². The maximum absolute atomic E-state index is 7.91. The first-order chi connectivity index (χ1) is 6.13. The van der Waals surface area contributed by atoms with E-state index in [1.54, 1.807) is 6.20 Å². The van der Waals surface area contributed by atoms with Gasteiger partial charge in [-0.3, -0.25) is 0 Å². The van der Waals surface area contributed by atoms with Gasteiger partial charge in [0.15, 0.2) is 0 Å². The van der Waals surface area contributed by atoms with Crippen LogP contribution in [-0.4, -0.2) is 12.0 Å². The number of aromatic nitrogens is 1. The molecule has 2 nitrogen and oxygen atoms in total. The number of rotatable bonds is 0. The molecule has 0 aromatic carbocycles. The highest BCUT2D eigenvalue weighted by molar-refractivity contribution is 5.61. The smallest absolute Gasteiger partial charge is 0.136 e. The zero-order valence-electron chi connectivity index (χ0n) is 8.33. The summed E-state index contributed by atoms with van der Waals surface area (Å²) in [5.41, 5.74) is 2.92. The van der Waals surface area contributed by atoms with Gasteiger partial charge in [0.2, 0.25) is 0 Å². The predicted molar refractivity (Wildman–Crippen MR) is 50.2 cm³/mol. The fourth-order valence-electron chi connectivity index (χ4n) is 1.40. The average Bonchev–Trinajstić information content (AvgIpc) is 2.33. The van der Waals surface area contributed by atoms with Crippen molar-refractivity contribution < 1.29 is 1.37 Å². The van der Waals surface area contributed by atoms with Crippen molar-refractivity contribution >= 4 is 5.82 Å². The van der Waals surface area contributed by atoms with Crippen LogP contribution in [0, 0.1) is 6.92 Å². The number of aryl methyl sites for hydroxylation is 1. The van der Waals surface area contributed by atoms with Gasteiger partial charge in [0.05, 0.1) is 0 Å². The zero-order valence-corrected chi connectivity index (χ0v) is 7.33. The monoisotopic (exact) mass is 162 g/mol. The Morgan fingerprint density at radius 2 is 2.50 bits per heavy atom. The fourth-order valence-corrected chi connectivity index (χ4v) is 1.40. The third-order valence-corrected chi connectivity index (χ3v) is 2.25. The van der Waals surface area contributed by atoms with Crippen molar-refractivity contribution in [2.24, 2.45) is 0 Å². The minimum atomic E-state index is -0.339. The van der Waals surface area contributed by atoms with Crippen molar-refractivity contribution in [3.63, 3.8) is 0 Å². The molecule has 12 heavy (non-hydrogen) atoms. The molecular weight excluding hydrogens is 148 g/mol. The van der Waals surface area contributed by atoms with Gasteiger partial charge in [-0.15, -0.1) is 0 Å². The Hall–Kier alpha value is -1.31. The zero-order chi connectivity index (χ0) is 9.59. The quantitative estimate of drug-likeness (QED) is 0.579. The summed E-state index contributed by atoms with van der Waals surface area (Å²) in [6.07, 6.45) is 1.43. The Morgan fingerprint density at radius 3 is 3.17 bits per heavy atom. The minimum Gasteiger partial charge on any atom is -0.333 e. The number of anilines is 1. The van der Waals surface area contributed by atoms with E-state index in [1.165, 1.54) is 0 Å². The van der Waals surface area contributed by atoms with E-state index < -0.39 is 0 Å². The van der Waals surface area contributed by atoms with Crippen molar-refractivity contribution in [2.75, 3.05) is 11.9 Å². The molecule has 0 saturated carbocycles. The summed E-state index contributed by atoms with van der Waals surface area (Å²) >= 11 is 0. The largest absolute Gasteiger partial charge is 0.333 e.